The van der Waals surface area contributed by atoms with Crippen LogP contribution in [0.4, 0.5) is 0 Å². The Balaban J connectivity index is 3.67. The first-order chi connectivity index (χ1) is 29.9. The summed E-state index contributed by atoms with van der Waals surface area (Å²) in [6.07, 6.45) is -3.29. The number of hydrogen-bond donors (Lipinski definition) is 0. The van der Waals surface area contributed by atoms with E-state index in [0.29, 0.717) is 12.8 Å². The maximum Gasteiger partial charge on any atom is 0.306 e. The molecule has 0 aromatic heterocycles. The van der Waals surface area contributed by atoms with E-state index in [1.165, 1.54) is 27.7 Å². The summed E-state index contributed by atoms with van der Waals surface area (Å²) < 4.78 is 46.1. The van der Waals surface area contributed by atoms with E-state index in [-0.39, 0.29) is 68.1 Å². The van der Waals surface area contributed by atoms with Gasteiger partial charge in [-0.3, -0.25) is 28.8 Å². The average molecular weight is 899 g/mol. The third-order valence-electron chi connectivity index (χ3n) is 9.67. The number of unbranched alkanes of at least 4 members (excludes halogenated alkanes) is 8. The zero-order valence-corrected chi connectivity index (χ0v) is 38.1. The van der Waals surface area contributed by atoms with Crippen LogP contribution < -0.4 is 0 Å². The lowest BCUT2D eigenvalue weighted by Gasteiger charge is -2.44. The van der Waals surface area contributed by atoms with Gasteiger partial charge in [-0.15, -0.1) is 0 Å². The van der Waals surface area contributed by atoms with Gasteiger partial charge in [0, 0.05) is 38.5 Å². The van der Waals surface area contributed by atoms with Gasteiger partial charge < -0.3 is 57.1 Å². The van der Waals surface area contributed by atoms with Gasteiger partial charge >= 0.3 is 35.8 Å². The Morgan fingerprint density at radius 2 is 0.841 bits per heavy atom. The summed E-state index contributed by atoms with van der Waals surface area (Å²) in [5.74, 6) is -6.24. The summed E-state index contributed by atoms with van der Waals surface area (Å²) in [6.45, 7) is 7.53. The molecule has 1 unspecified atom stereocenters. The van der Waals surface area contributed by atoms with Crippen LogP contribution in [0.2, 0.25) is 0 Å². The Hall–Kier alpha value is -4.58. The second kappa shape index (κ2) is 33.0. The highest BCUT2D eigenvalue weighted by Crippen LogP contribution is 2.31. The van der Waals surface area contributed by atoms with Crippen LogP contribution in [0.15, 0.2) is 0 Å². The number of Topliss-reactive ketones (excluding diaryl/α,β-unsaturated/α-hetero) is 4. The summed E-state index contributed by atoms with van der Waals surface area (Å²) in [4.78, 5) is 125. The number of carbonyl (C=O) groups is 10. The smallest absolute Gasteiger partial charge is 0.306 e. The molecule has 1 fully saturated rings. The van der Waals surface area contributed by atoms with Crippen molar-refractivity contribution < 1.29 is 85.8 Å². The van der Waals surface area contributed by atoms with Crippen LogP contribution in [-0.4, -0.2) is 116 Å². The molecule has 1 aliphatic heterocycles. The minimum absolute atomic E-state index is 0.0634. The first-order valence-electron chi connectivity index (χ1n) is 22.3. The van der Waals surface area contributed by atoms with Gasteiger partial charge in [0.15, 0.2) is 30.7 Å². The molecule has 18 nitrogen and oxygen atoms in total. The fraction of sp³-hybridized carbons (Fsp3) is 0.778. The molecule has 1 rings (SSSR count). The minimum Gasteiger partial charge on any atom is -0.463 e. The Kier molecular flexibility index (Phi) is 29.6. The van der Waals surface area contributed by atoms with E-state index in [9.17, 15) is 47.9 Å². The molecule has 6 atom stereocenters. The average Bonchev–Trinajstić information content (AvgIpc) is 3.22. The monoisotopic (exact) mass is 898 g/mol. The molecule has 358 valence electrons. The number of carbonyl (C=O) groups excluding carboxylic acids is 10. The van der Waals surface area contributed by atoms with Crippen LogP contribution in [0.5, 0.6) is 0 Å². The fourth-order valence-electron chi connectivity index (χ4n) is 6.11. The van der Waals surface area contributed by atoms with Gasteiger partial charge in [-0.05, 0) is 40.5 Å². The van der Waals surface area contributed by atoms with Crippen LogP contribution in [0.3, 0.4) is 0 Å². The summed E-state index contributed by atoms with van der Waals surface area (Å²) in [5.41, 5.74) is 0. The minimum atomic E-state index is -1.78. The largest absolute Gasteiger partial charge is 0.463 e. The molecule has 0 spiro atoms. The molecule has 1 aliphatic rings. The van der Waals surface area contributed by atoms with Crippen molar-refractivity contribution in [3.05, 3.63) is 0 Å². The number of ketones is 4. The lowest BCUT2D eigenvalue weighted by Crippen LogP contribution is -2.63. The van der Waals surface area contributed by atoms with Gasteiger partial charge in [-0.1, -0.05) is 65.2 Å². The van der Waals surface area contributed by atoms with E-state index in [4.69, 9.17) is 37.9 Å². The van der Waals surface area contributed by atoms with Crippen LogP contribution in [-0.2, 0) is 85.8 Å². The standard InChI is InChI=1S/C45H70O18/c1-7-9-11-13-15-17-36(50)56-27-34(59-38(52)18-16-14-12-10-8-2)28-58-45-44(63-41(55)26-22-33(6)49)43(62-40(54)25-21-32(5)48)42(61-39(53)24-20-31(4)47)35(60-45)29-57-37(51)23-19-30(3)46/h34-35,42-45H,7-29H2,1-6H3/t34?,35-,42+,43+,44-,45-/m1/s1. The topological polar surface area (TPSA) is 245 Å². The molecule has 0 saturated carbocycles. The van der Waals surface area contributed by atoms with Gasteiger partial charge in [0.05, 0.1) is 32.3 Å². The van der Waals surface area contributed by atoms with E-state index in [1.807, 2.05) is 0 Å². The zero-order valence-electron chi connectivity index (χ0n) is 38.1. The maximum absolute atomic E-state index is 13.3. The number of hydrogen-bond acceptors (Lipinski definition) is 18. The van der Waals surface area contributed by atoms with Crippen LogP contribution >= 0.6 is 0 Å². The van der Waals surface area contributed by atoms with Crippen molar-refractivity contribution in [2.75, 3.05) is 19.8 Å². The molecule has 0 aromatic rings. The van der Waals surface area contributed by atoms with Gasteiger partial charge in [0.2, 0.25) is 0 Å². The van der Waals surface area contributed by atoms with E-state index >= 15 is 0 Å². The Morgan fingerprint density at radius 1 is 0.429 bits per heavy atom. The van der Waals surface area contributed by atoms with Crippen molar-refractivity contribution in [2.45, 2.75) is 207 Å². The first kappa shape index (κ1) is 56.4. The van der Waals surface area contributed by atoms with E-state index in [2.05, 4.69) is 13.8 Å². The van der Waals surface area contributed by atoms with Crippen LogP contribution in [0, 0.1) is 0 Å². The number of rotatable bonds is 35. The predicted molar refractivity (Wildman–Crippen MR) is 222 cm³/mol. The molecular weight excluding hydrogens is 828 g/mol. The summed E-state index contributed by atoms with van der Waals surface area (Å²) in [5, 5.41) is 0. The molecule has 0 N–H and O–H groups in total. The molecule has 63 heavy (non-hydrogen) atoms. The molecule has 0 amide bonds. The third-order valence-corrected chi connectivity index (χ3v) is 9.67. The lowest BCUT2D eigenvalue weighted by molar-refractivity contribution is -0.312. The van der Waals surface area contributed by atoms with Crippen molar-refractivity contribution >= 4 is 58.9 Å². The molecular formula is C45H70O18. The molecule has 1 heterocycles. The van der Waals surface area contributed by atoms with Crippen molar-refractivity contribution in [2.24, 2.45) is 0 Å². The third kappa shape index (κ3) is 27.3. The van der Waals surface area contributed by atoms with Crippen LogP contribution in [0.25, 0.3) is 0 Å². The van der Waals surface area contributed by atoms with Gasteiger partial charge in [0.1, 0.15) is 42.5 Å². The highest BCUT2D eigenvalue weighted by atomic mass is 16.7. The van der Waals surface area contributed by atoms with Gasteiger partial charge in [0.25, 0.3) is 0 Å². The van der Waals surface area contributed by atoms with Crippen molar-refractivity contribution in [3.8, 4) is 0 Å². The van der Waals surface area contributed by atoms with Crippen molar-refractivity contribution in [3.63, 3.8) is 0 Å². The van der Waals surface area contributed by atoms with E-state index < -0.39 is 112 Å². The summed E-state index contributed by atoms with van der Waals surface area (Å²) in [6, 6.07) is 0. The SMILES string of the molecule is CCCCCCCC(=O)OCC(CO[C@@H]1O[C@H](COC(=O)CCC(C)=O)[C@H](OC(=O)CCC(C)=O)[C@H](OC(=O)CCC(C)=O)[C@H]1OC(=O)CCC(C)=O)OC(=O)CCCCCCC. The Bertz CT molecular complexity index is 1490. The van der Waals surface area contributed by atoms with Crippen molar-refractivity contribution in [1.82, 2.24) is 0 Å². The maximum atomic E-state index is 13.3. The first-order valence-corrected chi connectivity index (χ1v) is 22.3. The summed E-state index contributed by atoms with van der Waals surface area (Å²) >= 11 is 0. The Morgan fingerprint density at radius 3 is 1.32 bits per heavy atom. The fourth-order valence-corrected chi connectivity index (χ4v) is 6.11. The second-order valence-electron chi connectivity index (χ2n) is 15.9. The molecule has 0 aliphatic carbocycles. The molecule has 0 aromatic carbocycles. The van der Waals surface area contributed by atoms with Gasteiger partial charge in [-0.2, -0.15) is 0 Å². The molecule has 0 bridgehead atoms. The molecule has 0 radical (unpaired) electrons. The molecule has 1 saturated heterocycles. The highest BCUT2D eigenvalue weighted by molar-refractivity contribution is 5.83. The van der Waals surface area contributed by atoms with Crippen molar-refractivity contribution in [1.29, 1.82) is 0 Å². The number of esters is 6. The summed E-state index contributed by atoms with van der Waals surface area (Å²) in [7, 11) is 0. The molecule has 18 heteroatoms. The lowest BCUT2D eigenvalue weighted by atomic mass is 9.97. The second-order valence-corrected chi connectivity index (χ2v) is 15.9. The Labute approximate surface area is 370 Å². The van der Waals surface area contributed by atoms with Gasteiger partial charge in [-0.25, -0.2) is 0 Å². The zero-order chi connectivity index (χ0) is 47.2. The quantitative estimate of drug-likeness (QED) is 0.0423. The van der Waals surface area contributed by atoms with Crippen LogP contribution in [0.1, 0.15) is 170 Å². The normalized spacial score (nSPS) is 18.6. The highest BCUT2D eigenvalue weighted by Gasteiger charge is 2.53. The van der Waals surface area contributed by atoms with E-state index in [1.54, 1.807) is 0 Å². The number of ether oxygens (including phenoxy) is 8. The van der Waals surface area contributed by atoms with E-state index in [0.717, 1.165) is 51.4 Å². The predicted octanol–water partition coefficient (Wildman–Crippen LogP) is 5.66.